The van der Waals surface area contributed by atoms with Gasteiger partial charge in [-0.1, -0.05) is 25.1 Å². The average Bonchev–Trinajstić information content (AvgIpc) is 2.44. The zero-order chi connectivity index (χ0) is 13.2. The molecule has 0 aliphatic heterocycles. The van der Waals surface area contributed by atoms with Gasteiger partial charge in [0.15, 0.2) is 0 Å². The van der Waals surface area contributed by atoms with Crippen molar-refractivity contribution >= 4 is 16.6 Å². The molecule has 1 aliphatic carbocycles. The monoisotopic (exact) mass is 254 g/mol. The second-order valence-corrected chi connectivity index (χ2v) is 5.52. The minimum absolute atomic E-state index is 1.04. The maximum absolute atomic E-state index is 4.94. The first-order chi connectivity index (χ1) is 9.31. The van der Waals surface area contributed by atoms with Gasteiger partial charge in [0.1, 0.15) is 0 Å². The van der Waals surface area contributed by atoms with E-state index in [9.17, 15) is 0 Å². The zero-order valence-corrected chi connectivity index (χ0v) is 11.9. The molecular weight excluding hydrogens is 232 g/mol. The molecule has 2 heteroatoms. The maximum atomic E-state index is 4.94. The van der Waals surface area contributed by atoms with Crippen molar-refractivity contribution in [2.24, 2.45) is 0 Å². The standard InChI is InChI=1S/C17H22N2/c1-3-11-18-17-13-8-4-5-10-15(13)19-16-12(2)7-6-9-14(16)17/h6-7,9H,3-5,8,10-11H2,1-2H3,(H,18,19). The highest BCUT2D eigenvalue weighted by atomic mass is 14.9. The Kier molecular flexibility index (Phi) is 3.41. The lowest BCUT2D eigenvalue weighted by Crippen LogP contribution is -2.12. The average molecular weight is 254 g/mol. The van der Waals surface area contributed by atoms with Crippen LogP contribution in [0.15, 0.2) is 18.2 Å². The molecule has 0 saturated heterocycles. The third kappa shape index (κ3) is 2.20. The van der Waals surface area contributed by atoms with E-state index in [0.717, 1.165) is 19.4 Å². The first kappa shape index (κ1) is 12.5. The number of hydrogen-bond acceptors (Lipinski definition) is 2. The normalized spacial score (nSPS) is 14.4. The Bertz CT molecular complexity index is 602. The lowest BCUT2D eigenvalue weighted by atomic mass is 9.92. The predicted molar refractivity (Wildman–Crippen MR) is 81.9 cm³/mol. The molecule has 0 radical (unpaired) electrons. The van der Waals surface area contributed by atoms with Crippen molar-refractivity contribution in [1.82, 2.24) is 4.98 Å². The topological polar surface area (TPSA) is 24.9 Å². The summed E-state index contributed by atoms with van der Waals surface area (Å²) in [6, 6.07) is 6.52. The summed E-state index contributed by atoms with van der Waals surface area (Å²) in [6.45, 7) is 5.42. The third-order valence-corrected chi connectivity index (χ3v) is 4.05. The molecular formula is C17H22N2. The Morgan fingerprint density at radius 1 is 1.21 bits per heavy atom. The van der Waals surface area contributed by atoms with Crippen LogP contribution < -0.4 is 5.32 Å². The Balaban J connectivity index is 2.24. The molecule has 3 rings (SSSR count). The van der Waals surface area contributed by atoms with Crippen LogP contribution in [0.2, 0.25) is 0 Å². The molecule has 0 amide bonds. The fourth-order valence-electron chi connectivity index (χ4n) is 3.04. The van der Waals surface area contributed by atoms with Crippen molar-refractivity contribution in [1.29, 1.82) is 0 Å². The second kappa shape index (κ2) is 5.20. The lowest BCUT2D eigenvalue weighted by Gasteiger charge is -2.22. The summed E-state index contributed by atoms with van der Waals surface area (Å²) in [7, 11) is 0. The van der Waals surface area contributed by atoms with Crippen molar-refractivity contribution in [2.45, 2.75) is 46.0 Å². The summed E-state index contributed by atoms with van der Waals surface area (Å²) < 4.78 is 0. The van der Waals surface area contributed by atoms with Gasteiger partial charge in [-0.05, 0) is 50.2 Å². The van der Waals surface area contributed by atoms with Gasteiger partial charge in [0.25, 0.3) is 0 Å². The number of aryl methyl sites for hydroxylation is 2. The summed E-state index contributed by atoms with van der Waals surface area (Å²) in [5, 5.41) is 4.95. The number of anilines is 1. The lowest BCUT2D eigenvalue weighted by molar-refractivity contribution is 0.671. The van der Waals surface area contributed by atoms with Gasteiger partial charge in [-0.2, -0.15) is 0 Å². The highest BCUT2D eigenvalue weighted by Gasteiger charge is 2.18. The van der Waals surface area contributed by atoms with Crippen LogP contribution in [0.4, 0.5) is 5.69 Å². The molecule has 2 nitrogen and oxygen atoms in total. The van der Waals surface area contributed by atoms with Crippen molar-refractivity contribution < 1.29 is 0 Å². The summed E-state index contributed by atoms with van der Waals surface area (Å²) >= 11 is 0. The molecule has 0 saturated carbocycles. The SMILES string of the molecule is CCCNc1c2c(nc3c(C)cccc13)CCCC2. The molecule has 1 heterocycles. The summed E-state index contributed by atoms with van der Waals surface area (Å²) in [6.07, 6.45) is 6.06. The number of nitrogens with one attached hydrogen (secondary N) is 1. The predicted octanol–water partition coefficient (Wildman–Crippen LogP) is 4.24. The van der Waals surface area contributed by atoms with Gasteiger partial charge < -0.3 is 5.32 Å². The fourth-order valence-corrected chi connectivity index (χ4v) is 3.04. The van der Waals surface area contributed by atoms with Crippen LogP contribution in [0, 0.1) is 6.92 Å². The number of nitrogens with zero attached hydrogens (tertiary/aromatic N) is 1. The number of rotatable bonds is 3. The number of benzene rings is 1. The summed E-state index contributed by atoms with van der Waals surface area (Å²) in [5.41, 5.74) is 6.61. The Morgan fingerprint density at radius 3 is 2.89 bits per heavy atom. The molecule has 100 valence electrons. The minimum Gasteiger partial charge on any atom is -0.384 e. The molecule has 1 aromatic carbocycles. The molecule has 2 aromatic rings. The highest BCUT2D eigenvalue weighted by molar-refractivity contribution is 5.95. The van der Waals surface area contributed by atoms with Crippen molar-refractivity contribution in [3.05, 3.63) is 35.0 Å². The van der Waals surface area contributed by atoms with Gasteiger partial charge >= 0.3 is 0 Å². The molecule has 0 fully saturated rings. The van der Waals surface area contributed by atoms with E-state index < -0.39 is 0 Å². The molecule has 0 spiro atoms. The third-order valence-electron chi connectivity index (χ3n) is 4.05. The molecule has 0 unspecified atom stereocenters. The van der Waals surface area contributed by atoms with Gasteiger partial charge in [-0.3, -0.25) is 4.98 Å². The van der Waals surface area contributed by atoms with Crippen LogP contribution in [0.5, 0.6) is 0 Å². The first-order valence-electron chi connectivity index (χ1n) is 7.46. The van der Waals surface area contributed by atoms with Gasteiger partial charge in [-0.15, -0.1) is 0 Å². The van der Waals surface area contributed by atoms with E-state index in [-0.39, 0.29) is 0 Å². The Morgan fingerprint density at radius 2 is 2.05 bits per heavy atom. The van der Waals surface area contributed by atoms with Crippen molar-refractivity contribution in [3.8, 4) is 0 Å². The smallest absolute Gasteiger partial charge is 0.0755 e. The number of pyridine rings is 1. The summed E-state index contributed by atoms with van der Waals surface area (Å²) in [4.78, 5) is 4.94. The van der Waals surface area contributed by atoms with Gasteiger partial charge in [0.05, 0.1) is 5.52 Å². The maximum Gasteiger partial charge on any atom is 0.0755 e. The van der Waals surface area contributed by atoms with E-state index in [2.05, 4.69) is 37.4 Å². The molecule has 0 atom stereocenters. The number of fused-ring (bicyclic) bond motifs is 2. The van der Waals surface area contributed by atoms with Crippen LogP contribution >= 0.6 is 0 Å². The Labute approximate surface area is 115 Å². The van der Waals surface area contributed by atoms with Crippen LogP contribution in [0.3, 0.4) is 0 Å². The second-order valence-electron chi connectivity index (χ2n) is 5.52. The largest absolute Gasteiger partial charge is 0.384 e. The number of aromatic nitrogens is 1. The van der Waals surface area contributed by atoms with Gasteiger partial charge in [-0.25, -0.2) is 0 Å². The van der Waals surface area contributed by atoms with E-state index in [1.807, 2.05) is 0 Å². The number of hydrogen-bond donors (Lipinski definition) is 1. The van der Waals surface area contributed by atoms with E-state index in [1.54, 1.807) is 0 Å². The van der Waals surface area contributed by atoms with Gasteiger partial charge in [0.2, 0.25) is 0 Å². The van der Waals surface area contributed by atoms with E-state index in [0.29, 0.717) is 0 Å². The molecule has 1 N–H and O–H groups in total. The van der Waals surface area contributed by atoms with Crippen LogP contribution in [-0.4, -0.2) is 11.5 Å². The van der Waals surface area contributed by atoms with Crippen LogP contribution in [0.1, 0.15) is 43.0 Å². The van der Waals surface area contributed by atoms with Gasteiger partial charge in [0, 0.05) is 23.3 Å². The number of para-hydroxylation sites is 1. The quantitative estimate of drug-likeness (QED) is 0.886. The Hall–Kier alpha value is -1.57. The molecule has 1 aromatic heterocycles. The van der Waals surface area contributed by atoms with Crippen LogP contribution in [-0.2, 0) is 12.8 Å². The van der Waals surface area contributed by atoms with E-state index in [4.69, 9.17) is 4.98 Å². The molecule has 0 bridgehead atoms. The minimum atomic E-state index is 1.04. The molecule has 19 heavy (non-hydrogen) atoms. The van der Waals surface area contributed by atoms with Crippen molar-refractivity contribution in [3.63, 3.8) is 0 Å². The van der Waals surface area contributed by atoms with E-state index >= 15 is 0 Å². The molecule has 1 aliphatic rings. The van der Waals surface area contributed by atoms with Crippen molar-refractivity contribution in [2.75, 3.05) is 11.9 Å². The first-order valence-corrected chi connectivity index (χ1v) is 7.46. The van der Waals surface area contributed by atoms with Crippen LogP contribution in [0.25, 0.3) is 10.9 Å². The zero-order valence-electron chi connectivity index (χ0n) is 11.9. The highest BCUT2D eigenvalue weighted by Crippen LogP contribution is 2.34. The fraction of sp³-hybridized carbons (Fsp3) is 0.471. The van der Waals surface area contributed by atoms with E-state index in [1.165, 1.54) is 52.7 Å². The summed E-state index contributed by atoms with van der Waals surface area (Å²) in [5.74, 6) is 0.